The van der Waals surface area contributed by atoms with Gasteiger partial charge in [-0.1, -0.05) is 153 Å². The van der Waals surface area contributed by atoms with Crippen LogP contribution in [0.15, 0.2) is 91.0 Å². The van der Waals surface area contributed by atoms with Crippen molar-refractivity contribution in [1.29, 1.82) is 0 Å². The minimum atomic E-state index is -2.00. The average molecular weight is 1210 g/mol. The number of nitrogens with zero attached hydrogens (tertiary/aromatic N) is 5. The van der Waals surface area contributed by atoms with Gasteiger partial charge in [0.05, 0.1) is 12.2 Å². The molecule has 0 radical (unpaired) electrons. The number of benzene rings is 3. The third-order valence-electron chi connectivity index (χ3n) is 17.1. The van der Waals surface area contributed by atoms with Crippen molar-refractivity contribution in [2.75, 3.05) is 41.3 Å². The quantitative estimate of drug-likeness (QED) is 0.0884. The molecule has 0 bridgehead atoms. The molecule has 2 saturated heterocycles. The molecule has 20 nitrogen and oxygen atoms in total. The molecule has 5 rings (SSSR count). The van der Waals surface area contributed by atoms with Crippen LogP contribution in [0.1, 0.15) is 131 Å². The van der Waals surface area contributed by atoms with E-state index in [1.165, 1.54) is 61.6 Å². The first-order valence-electron chi connectivity index (χ1n) is 31.0. The van der Waals surface area contributed by atoms with E-state index in [9.17, 15) is 14.7 Å². The van der Waals surface area contributed by atoms with Crippen LogP contribution in [-0.2, 0) is 72.1 Å². The molecule has 478 valence electrons. The fraction of sp³-hybridized carbons (Fsp3) is 0.597. The second kappa shape index (κ2) is 32.7. The molecule has 3 aromatic rings. The predicted molar refractivity (Wildman–Crippen MR) is 332 cm³/mol. The Morgan fingerprint density at radius 1 is 0.598 bits per heavy atom. The second-order valence-electron chi connectivity index (χ2n) is 25.2. The first-order valence-corrected chi connectivity index (χ1v) is 31.0. The van der Waals surface area contributed by atoms with Gasteiger partial charge in [0.25, 0.3) is 5.91 Å². The van der Waals surface area contributed by atoms with Crippen LogP contribution in [0, 0.1) is 23.7 Å². The molecule has 0 spiro atoms. The van der Waals surface area contributed by atoms with Gasteiger partial charge < -0.3 is 55.0 Å². The number of carbonyl (C=O) groups excluding carboxylic acids is 9. The number of nitrogens with one attached hydrogen (secondary N) is 3. The van der Waals surface area contributed by atoms with E-state index in [2.05, 4.69) is 16.0 Å². The van der Waals surface area contributed by atoms with Gasteiger partial charge in [0.15, 0.2) is 12.1 Å². The highest BCUT2D eigenvalue weighted by atomic mass is 16.6. The van der Waals surface area contributed by atoms with Crippen molar-refractivity contribution in [3.8, 4) is 0 Å². The number of hydrogen-bond acceptors (Lipinski definition) is 12. The lowest BCUT2D eigenvalue weighted by Gasteiger charge is -2.39. The summed E-state index contributed by atoms with van der Waals surface area (Å²) in [6, 6.07) is 17.4. The molecule has 3 aromatic carbocycles. The summed E-state index contributed by atoms with van der Waals surface area (Å²) in [6.45, 7) is 17.6. The van der Waals surface area contributed by atoms with Crippen LogP contribution in [0.5, 0.6) is 0 Å². The highest BCUT2D eigenvalue weighted by Crippen LogP contribution is 2.27. The van der Waals surface area contributed by atoms with Crippen LogP contribution in [0.3, 0.4) is 0 Å². The van der Waals surface area contributed by atoms with Crippen LogP contribution in [-0.4, -0.2) is 184 Å². The van der Waals surface area contributed by atoms with Crippen molar-refractivity contribution >= 4 is 53.2 Å². The third-order valence-corrected chi connectivity index (χ3v) is 17.1. The first kappa shape index (κ1) is 70.6. The van der Waals surface area contributed by atoms with E-state index in [4.69, 9.17) is 9.47 Å². The van der Waals surface area contributed by atoms with Gasteiger partial charge in [-0.15, -0.1) is 0 Å². The maximum absolute atomic E-state index is 15.4. The monoisotopic (exact) mass is 1210 g/mol. The van der Waals surface area contributed by atoms with E-state index in [-0.39, 0.29) is 51.2 Å². The number of amides is 8. The number of cyclic esters (lactones) is 1. The molecule has 11 atom stereocenters. The lowest BCUT2D eigenvalue weighted by molar-refractivity contribution is -0.177. The number of rotatable bonds is 18. The number of ether oxygens (including phenoxy) is 2. The van der Waals surface area contributed by atoms with Crippen molar-refractivity contribution in [2.45, 2.75) is 194 Å². The summed E-state index contributed by atoms with van der Waals surface area (Å²) in [5, 5.41) is 20.7. The lowest BCUT2D eigenvalue weighted by atomic mass is 9.94. The number of hydrogen-bond donors (Lipinski definition) is 4. The number of fused-ring (bicyclic) bond motifs is 1. The van der Waals surface area contributed by atoms with Crippen molar-refractivity contribution in [2.24, 2.45) is 23.7 Å². The maximum Gasteiger partial charge on any atom is 0.332 e. The Hall–Kier alpha value is -7.19. The molecule has 87 heavy (non-hydrogen) atoms. The smallest absolute Gasteiger partial charge is 0.332 e. The standard InChI is InChI=1S/C67H98N8O12/c1-15-44(7)54-64(82)71(11)51(35-27-37-86-41-48-32-24-19-25-33-48)58(76)68-49(38-42(3)4)62(80)74(14)57(67(9,10)85)66(84)87-56(45(8)16-2)65(83)73(13)55(43(5)6)60(78)69-50(39-46-28-20-17-21-29-46)61(79)72(12)53(40-47-30-22-18-23-31-47)63(81)75-36-26-34-52(75)59(77)70-54/h17-25,28-33,42-45,49-57,85H,15-16,26-27,34-41H2,1-14H3,(H,68,76)(H,69,78)(H,70,77)/t44-,45-,49+,50+,51+,52+,53+,54+,55+,56-,57-/m1/s1. The number of carbonyl (C=O) groups is 9. The molecular weight excluding hydrogens is 1110 g/mol. The normalized spacial score (nSPS) is 25.0. The molecule has 2 aliphatic rings. The SMILES string of the molecule is CC[C@@H](C)[C@@H]1NC(=O)[C@@H]2CCCN2C(=O)[C@H](Cc2ccccc2)N(C)C(=O)[C@H](Cc2ccccc2)NC(=O)[C@H](C(C)C)N(C)C(=O)[C@@H]([C@H](C)CC)OC(=O)[C@H](C(C)(C)O)N(C)C(=O)[C@H](CC(C)C)NC(=O)[C@H](CCCOCc2ccccc2)N(C)C1=O. The minimum Gasteiger partial charge on any atom is -0.450 e. The van der Waals surface area contributed by atoms with Gasteiger partial charge in [-0.3, -0.25) is 38.4 Å². The molecule has 0 aromatic heterocycles. The van der Waals surface area contributed by atoms with E-state index >= 15 is 33.6 Å². The summed E-state index contributed by atoms with van der Waals surface area (Å²) in [4.78, 5) is 142. The van der Waals surface area contributed by atoms with Crippen LogP contribution in [0.25, 0.3) is 0 Å². The Kier molecular flexibility index (Phi) is 26.5. The minimum absolute atomic E-state index is 0.0155. The van der Waals surface area contributed by atoms with E-state index in [1.54, 1.807) is 52.0 Å². The molecular formula is C67H98N8O12. The summed E-state index contributed by atoms with van der Waals surface area (Å²) in [6.07, 6.45) is 0.324. The molecule has 0 aliphatic carbocycles. The first-order chi connectivity index (χ1) is 41.1. The maximum atomic E-state index is 15.4. The predicted octanol–water partition coefficient (Wildman–Crippen LogP) is 5.71. The summed E-state index contributed by atoms with van der Waals surface area (Å²) in [5.74, 6) is -8.34. The molecule has 4 N–H and O–H groups in total. The van der Waals surface area contributed by atoms with Gasteiger partial charge in [0.1, 0.15) is 42.3 Å². The van der Waals surface area contributed by atoms with Crippen LogP contribution in [0.4, 0.5) is 0 Å². The van der Waals surface area contributed by atoms with Crippen molar-refractivity contribution in [1.82, 2.24) is 40.4 Å². The van der Waals surface area contributed by atoms with Crippen LogP contribution >= 0.6 is 0 Å². The Balaban J connectivity index is 1.68. The zero-order chi connectivity index (χ0) is 64.4. The van der Waals surface area contributed by atoms with E-state index in [0.29, 0.717) is 37.9 Å². The molecule has 0 unspecified atom stereocenters. The number of aliphatic hydroxyl groups is 1. The zero-order valence-corrected chi connectivity index (χ0v) is 53.8. The number of esters is 1. The van der Waals surface area contributed by atoms with Gasteiger partial charge in [-0.2, -0.15) is 0 Å². The average Bonchev–Trinajstić information content (AvgIpc) is 3.37. The van der Waals surface area contributed by atoms with Gasteiger partial charge in [-0.25, -0.2) is 4.79 Å². The molecule has 20 heteroatoms. The Morgan fingerprint density at radius 3 is 1.67 bits per heavy atom. The van der Waals surface area contributed by atoms with Crippen molar-refractivity contribution < 1.29 is 57.7 Å². The van der Waals surface area contributed by atoms with E-state index in [0.717, 1.165) is 16.0 Å². The zero-order valence-electron chi connectivity index (χ0n) is 53.8. The van der Waals surface area contributed by atoms with Gasteiger partial charge >= 0.3 is 5.97 Å². The highest BCUT2D eigenvalue weighted by molar-refractivity contribution is 5.99. The van der Waals surface area contributed by atoms with Crippen molar-refractivity contribution in [3.05, 3.63) is 108 Å². The molecule has 2 aliphatic heterocycles. The van der Waals surface area contributed by atoms with Crippen LogP contribution < -0.4 is 16.0 Å². The molecule has 2 fully saturated rings. The van der Waals surface area contributed by atoms with E-state index < -0.39 is 131 Å². The Bertz CT molecular complexity index is 2780. The topological polar surface area (TPSA) is 245 Å². The van der Waals surface area contributed by atoms with E-state index in [1.807, 2.05) is 94.4 Å². The molecule has 0 saturated carbocycles. The fourth-order valence-electron chi connectivity index (χ4n) is 11.7. The summed E-state index contributed by atoms with van der Waals surface area (Å²) >= 11 is 0. The Morgan fingerprint density at radius 2 is 1.13 bits per heavy atom. The summed E-state index contributed by atoms with van der Waals surface area (Å²) < 4.78 is 12.2. The summed E-state index contributed by atoms with van der Waals surface area (Å²) in [7, 11) is 5.68. The van der Waals surface area contributed by atoms with Crippen molar-refractivity contribution in [3.63, 3.8) is 0 Å². The third kappa shape index (κ3) is 18.9. The second-order valence-corrected chi connectivity index (χ2v) is 25.2. The lowest BCUT2D eigenvalue weighted by Crippen LogP contribution is -2.62. The highest BCUT2D eigenvalue weighted by Gasteiger charge is 2.48. The molecule has 2 heterocycles. The van der Waals surface area contributed by atoms with Gasteiger partial charge in [-0.05, 0) is 86.8 Å². The summed E-state index contributed by atoms with van der Waals surface area (Å²) in [5.41, 5.74) is 0.349. The van der Waals surface area contributed by atoms with Crippen LogP contribution in [0.2, 0.25) is 0 Å². The molecule has 8 amide bonds. The largest absolute Gasteiger partial charge is 0.450 e. The van der Waals surface area contributed by atoms with Gasteiger partial charge in [0, 0.05) is 60.1 Å². The number of likely N-dealkylation sites (N-methyl/N-ethyl adjacent to an activating group) is 4. The Labute approximate surface area is 515 Å². The fourth-order valence-corrected chi connectivity index (χ4v) is 11.7. The van der Waals surface area contributed by atoms with Gasteiger partial charge in [0.2, 0.25) is 41.4 Å².